The average Bonchev–Trinajstić information content (AvgIpc) is 3.11. The zero-order valence-electron chi connectivity index (χ0n) is 14.8. The Labute approximate surface area is 155 Å². The minimum absolute atomic E-state index is 0.00402. The number of carbonyl (C=O) groups excluding carboxylic acids is 1. The number of carbonyl (C=O) groups is 1. The number of nitrogens with one attached hydrogen (secondary N) is 1. The third-order valence-corrected chi connectivity index (χ3v) is 4.02. The van der Waals surface area contributed by atoms with Crippen LogP contribution in [0.25, 0.3) is 0 Å². The maximum atomic E-state index is 11.9. The van der Waals surface area contributed by atoms with Crippen LogP contribution in [0, 0.1) is 0 Å². The van der Waals surface area contributed by atoms with Gasteiger partial charge >= 0.3 is 11.7 Å². The molecule has 1 aromatic heterocycles. The van der Waals surface area contributed by atoms with Crippen molar-refractivity contribution < 1.29 is 19.5 Å². The van der Waals surface area contributed by atoms with E-state index in [1.54, 1.807) is 0 Å². The van der Waals surface area contributed by atoms with Crippen molar-refractivity contribution in [2.24, 2.45) is 22.2 Å². The van der Waals surface area contributed by atoms with E-state index in [-0.39, 0.29) is 24.5 Å². The Bertz CT molecular complexity index is 719. The molecule has 3 unspecified atom stereocenters. The fourth-order valence-electron chi connectivity index (χ4n) is 2.63. The van der Waals surface area contributed by atoms with Gasteiger partial charge in [-0.1, -0.05) is 0 Å². The number of aliphatic imine (C=N–C) groups is 1. The second-order valence-electron chi connectivity index (χ2n) is 6.09. The fraction of sp³-hybridized carbons (Fsp3) is 0.600. The van der Waals surface area contributed by atoms with Gasteiger partial charge in [0.15, 0.2) is 11.8 Å². The number of hydrogen-bond donors (Lipinski definition) is 5. The summed E-state index contributed by atoms with van der Waals surface area (Å²) in [4.78, 5) is 31.3. The minimum Gasteiger partial charge on any atom is -0.462 e. The van der Waals surface area contributed by atoms with Crippen molar-refractivity contribution in [1.29, 1.82) is 0 Å². The highest BCUT2D eigenvalue weighted by Gasteiger charge is 2.29. The molecule has 0 bridgehead atoms. The molecule has 2 rings (SSSR count). The molecule has 1 saturated heterocycles. The maximum absolute atomic E-state index is 11.9. The van der Waals surface area contributed by atoms with Gasteiger partial charge in [0.1, 0.15) is 18.9 Å². The van der Waals surface area contributed by atoms with Crippen molar-refractivity contribution in [3.63, 3.8) is 0 Å². The third-order valence-electron chi connectivity index (χ3n) is 4.02. The van der Waals surface area contributed by atoms with E-state index in [9.17, 15) is 9.59 Å². The molecule has 0 aliphatic carbocycles. The highest BCUT2D eigenvalue weighted by molar-refractivity contribution is 5.76. The Hall–Kier alpha value is -2.70. The van der Waals surface area contributed by atoms with Crippen molar-refractivity contribution in [2.45, 2.75) is 44.1 Å². The lowest BCUT2D eigenvalue weighted by molar-refractivity contribution is -0.150. The molecule has 0 radical (unpaired) electrons. The van der Waals surface area contributed by atoms with E-state index in [1.165, 1.54) is 16.8 Å². The third kappa shape index (κ3) is 6.20. The van der Waals surface area contributed by atoms with Gasteiger partial charge in [0.25, 0.3) is 0 Å². The highest BCUT2D eigenvalue weighted by atomic mass is 16.6. The zero-order chi connectivity index (χ0) is 19.8. The first-order valence-electron chi connectivity index (χ1n) is 8.53. The van der Waals surface area contributed by atoms with E-state index in [0.29, 0.717) is 32.2 Å². The SMILES string of the molecule is NC(N)=NCCCC(N)C(=O)OCC1CCC(n2ccc(NO)nc2=O)O1. The van der Waals surface area contributed by atoms with Gasteiger partial charge in [-0.3, -0.25) is 25.0 Å². The zero-order valence-corrected chi connectivity index (χ0v) is 14.8. The molecule has 1 aromatic rings. The summed E-state index contributed by atoms with van der Waals surface area (Å²) in [5, 5.41) is 8.75. The number of esters is 1. The molecule has 1 fully saturated rings. The lowest BCUT2D eigenvalue weighted by Gasteiger charge is -2.17. The summed E-state index contributed by atoms with van der Waals surface area (Å²) in [7, 11) is 0. The first-order chi connectivity index (χ1) is 12.9. The molecule has 3 atom stereocenters. The second kappa shape index (κ2) is 9.85. The van der Waals surface area contributed by atoms with Crippen LogP contribution < -0.4 is 28.4 Å². The van der Waals surface area contributed by atoms with Crippen molar-refractivity contribution >= 4 is 17.7 Å². The number of nitrogens with two attached hydrogens (primary N) is 3. The largest absolute Gasteiger partial charge is 0.462 e. The number of hydrogen-bond acceptors (Lipinski definition) is 9. The Kier molecular flexibility index (Phi) is 7.52. The summed E-state index contributed by atoms with van der Waals surface area (Å²) < 4.78 is 12.2. The molecule has 0 aromatic carbocycles. The van der Waals surface area contributed by atoms with E-state index >= 15 is 0 Å². The monoisotopic (exact) mass is 383 g/mol. The molecule has 8 N–H and O–H groups in total. The molecule has 0 saturated carbocycles. The van der Waals surface area contributed by atoms with Crippen molar-refractivity contribution in [1.82, 2.24) is 9.55 Å². The first-order valence-corrected chi connectivity index (χ1v) is 8.53. The summed E-state index contributed by atoms with van der Waals surface area (Å²) in [5.41, 5.74) is 17.5. The number of aromatic nitrogens is 2. The fourth-order valence-corrected chi connectivity index (χ4v) is 2.63. The second-order valence-corrected chi connectivity index (χ2v) is 6.09. The summed E-state index contributed by atoms with van der Waals surface area (Å²) in [6.07, 6.45) is 2.77. The van der Waals surface area contributed by atoms with Crippen LogP contribution in [0.3, 0.4) is 0 Å². The summed E-state index contributed by atoms with van der Waals surface area (Å²) in [5.74, 6) is -0.479. The molecular weight excluding hydrogens is 358 g/mol. The molecule has 0 amide bonds. The molecular formula is C15H25N7O5. The topological polar surface area (TPSA) is 193 Å². The summed E-state index contributed by atoms with van der Waals surface area (Å²) in [6, 6.07) is 0.682. The van der Waals surface area contributed by atoms with Gasteiger partial charge in [-0.15, -0.1) is 0 Å². The Morgan fingerprint density at radius 2 is 2.30 bits per heavy atom. The van der Waals surface area contributed by atoms with Crippen molar-refractivity contribution in [3.8, 4) is 0 Å². The van der Waals surface area contributed by atoms with Crippen LogP contribution in [-0.4, -0.2) is 52.0 Å². The van der Waals surface area contributed by atoms with Gasteiger partial charge in [0.2, 0.25) is 0 Å². The number of ether oxygens (including phenoxy) is 2. The Morgan fingerprint density at radius 3 is 2.96 bits per heavy atom. The molecule has 12 nitrogen and oxygen atoms in total. The van der Waals surface area contributed by atoms with Gasteiger partial charge in [-0.05, 0) is 31.7 Å². The molecule has 150 valence electrons. The maximum Gasteiger partial charge on any atom is 0.351 e. The van der Waals surface area contributed by atoms with Gasteiger partial charge in [0.05, 0.1) is 6.10 Å². The number of nitrogens with zero attached hydrogens (tertiary/aromatic N) is 3. The smallest absolute Gasteiger partial charge is 0.351 e. The van der Waals surface area contributed by atoms with E-state index in [2.05, 4.69) is 9.98 Å². The van der Waals surface area contributed by atoms with E-state index in [0.717, 1.165) is 0 Å². The average molecular weight is 383 g/mol. The van der Waals surface area contributed by atoms with Crippen LogP contribution in [-0.2, 0) is 14.3 Å². The van der Waals surface area contributed by atoms with Gasteiger partial charge in [-0.25, -0.2) is 4.79 Å². The summed E-state index contributed by atoms with van der Waals surface area (Å²) >= 11 is 0. The Morgan fingerprint density at radius 1 is 1.52 bits per heavy atom. The molecule has 27 heavy (non-hydrogen) atoms. The van der Waals surface area contributed by atoms with Gasteiger partial charge < -0.3 is 26.7 Å². The summed E-state index contributed by atoms with van der Waals surface area (Å²) in [6.45, 7) is 0.444. The molecule has 1 aliphatic heterocycles. The quantitative estimate of drug-likeness (QED) is 0.112. The van der Waals surface area contributed by atoms with Gasteiger partial charge in [-0.2, -0.15) is 4.98 Å². The number of anilines is 1. The van der Waals surface area contributed by atoms with Gasteiger partial charge in [0, 0.05) is 12.7 Å². The minimum atomic E-state index is -0.762. The van der Waals surface area contributed by atoms with E-state index < -0.39 is 23.9 Å². The molecule has 2 heterocycles. The molecule has 0 spiro atoms. The highest BCUT2D eigenvalue weighted by Crippen LogP contribution is 2.27. The molecule has 12 heteroatoms. The van der Waals surface area contributed by atoms with Crippen LogP contribution >= 0.6 is 0 Å². The Balaban J connectivity index is 1.75. The van der Waals surface area contributed by atoms with Crippen LogP contribution in [0.5, 0.6) is 0 Å². The predicted molar refractivity (Wildman–Crippen MR) is 95.9 cm³/mol. The van der Waals surface area contributed by atoms with Crippen LogP contribution in [0.2, 0.25) is 0 Å². The van der Waals surface area contributed by atoms with Crippen LogP contribution in [0.1, 0.15) is 31.9 Å². The van der Waals surface area contributed by atoms with E-state index in [4.69, 9.17) is 31.9 Å². The van der Waals surface area contributed by atoms with E-state index in [1.807, 2.05) is 5.48 Å². The molecule has 1 aliphatic rings. The normalized spacial score (nSPS) is 20.1. The number of rotatable bonds is 9. The standard InChI is InChI=1S/C15H25N7O5/c16-10(2-1-6-19-14(17)18)13(23)26-8-9-3-4-12(27-9)22-7-5-11(21-25)20-15(22)24/h5,7,9-10,12,25H,1-4,6,8,16H2,(H4,17,18,19)(H,20,21,24). The first kappa shape index (κ1) is 20.6. The lowest BCUT2D eigenvalue weighted by Crippen LogP contribution is -2.34. The van der Waals surface area contributed by atoms with Crippen LogP contribution in [0.15, 0.2) is 22.1 Å². The van der Waals surface area contributed by atoms with Crippen molar-refractivity contribution in [3.05, 3.63) is 22.7 Å². The van der Waals surface area contributed by atoms with Crippen molar-refractivity contribution in [2.75, 3.05) is 18.6 Å². The number of guanidine groups is 1. The lowest BCUT2D eigenvalue weighted by atomic mass is 10.2. The predicted octanol–water partition coefficient (Wildman–Crippen LogP) is -1.35. The van der Waals surface area contributed by atoms with Crippen LogP contribution in [0.4, 0.5) is 5.82 Å².